The Morgan fingerprint density at radius 3 is 2.81 bits per heavy atom. The van der Waals surface area contributed by atoms with Crippen molar-refractivity contribution in [3.8, 4) is 5.75 Å². The van der Waals surface area contributed by atoms with Crippen LogP contribution >= 0.6 is 0 Å². The van der Waals surface area contributed by atoms with E-state index in [2.05, 4.69) is 42.6 Å². The molecule has 1 N–H and O–H groups in total. The van der Waals surface area contributed by atoms with Crippen LogP contribution in [0.1, 0.15) is 41.6 Å². The Bertz CT molecular complexity index is 621. The molecule has 0 aliphatic heterocycles. The highest BCUT2D eigenvalue weighted by Crippen LogP contribution is 2.23. The van der Waals surface area contributed by atoms with E-state index in [0.717, 1.165) is 12.3 Å². The van der Waals surface area contributed by atoms with Crippen molar-refractivity contribution in [1.29, 1.82) is 0 Å². The fraction of sp³-hybridized carbons (Fsp3) is 0.368. The van der Waals surface area contributed by atoms with Crippen LogP contribution in [0.5, 0.6) is 5.75 Å². The van der Waals surface area contributed by atoms with E-state index >= 15 is 0 Å². The van der Waals surface area contributed by atoms with Gasteiger partial charge < -0.3 is 10.1 Å². The minimum atomic E-state index is 0.313. The lowest BCUT2D eigenvalue weighted by atomic mass is 10.0. The average Bonchev–Trinajstić information content (AvgIpc) is 3.00. The van der Waals surface area contributed by atoms with E-state index in [1.165, 1.54) is 30.4 Å². The molecule has 0 bridgehead atoms. The zero-order valence-corrected chi connectivity index (χ0v) is 12.9. The first kappa shape index (κ1) is 14.2. The highest BCUT2D eigenvalue weighted by molar-refractivity contribution is 5.35. The molecule has 0 fully saturated rings. The van der Waals surface area contributed by atoms with Crippen molar-refractivity contribution < 1.29 is 4.74 Å². The van der Waals surface area contributed by atoms with Crippen molar-refractivity contribution in [2.24, 2.45) is 0 Å². The predicted octanol–water partition coefficient (Wildman–Crippen LogP) is 4.03. The van der Waals surface area contributed by atoms with Crippen LogP contribution in [0, 0.1) is 0 Å². The van der Waals surface area contributed by atoms with Crippen LogP contribution in [0.2, 0.25) is 0 Å². The molecule has 0 radical (unpaired) electrons. The number of fused-ring (bicyclic) bond motifs is 1. The maximum Gasteiger partial charge on any atom is 0.119 e. The fourth-order valence-corrected chi connectivity index (χ4v) is 3.03. The van der Waals surface area contributed by atoms with Crippen molar-refractivity contribution >= 4 is 0 Å². The number of methoxy groups -OCH3 is 1. The number of hydrogen-bond donors (Lipinski definition) is 1. The zero-order valence-electron chi connectivity index (χ0n) is 12.9. The average molecular weight is 281 g/mol. The van der Waals surface area contributed by atoms with Crippen molar-refractivity contribution in [2.45, 2.75) is 38.8 Å². The Labute approximate surface area is 127 Å². The molecule has 1 atom stereocenters. The Kier molecular flexibility index (Phi) is 4.26. The van der Waals surface area contributed by atoms with E-state index in [9.17, 15) is 0 Å². The summed E-state index contributed by atoms with van der Waals surface area (Å²) < 4.78 is 5.29. The molecule has 0 amide bonds. The second-order valence-electron chi connectivity index (χ2n) is 5.84. The lowest BCUT2D eigenvalue weighted by Crippen LogP contribution is -2.18. The smallest absolute Gasteiger partial charge is 0.119 e. The molecule has 2 nitrogen and oxygen atoms in total. The normalized spacial score (nSPS) is 14.8. The van der Waals surface area contributed by atoms with E-state index < -0.39 is 0 Å². The molecule has 0 saturated carbocycles. The van der Waals surface area contributed by atoms with E-state index in [1.807, 2.05) is 12.1 Å². The van der Waals surface area contributed by atoms with Crippen molar-refractivity contribution in [3.63, 3.8) is 0 Å². The van der Waals surface area contributed by atoms with Gasteiger partial charge in [-0.1, -0.05) is 30.3 Å². The maximum atomic E-state index is 5.29. The summed E-state index contributed by atoms with van der Waals surface area (Å²) in [5.41, 5.74) is 5.73. The van der Waals surface area contributed by atoms with Gasteiger partial charge in [0.2, 0.25) is 0 Å². The van der Waals surface area contributed by atoms with Crippen LogP contribution in [0.3, 0.4) is 0 Å². The molecule has 3 rings (SSSR count). The lowest BCUT2D eigenvalue weighted by Gasteiger charge is -2.15. The Hall–Kier alpha value is -1.80. The molecule has 1 aliphatic carbocycles. The van der Waals surface area contributed by atoms with Crippen LogP contribution in [0.15, 0.2) is 42.5 Å². The molecule has 2 aromatic rings. The molecule has 110 valence electrons. The molecule has 21 heavy (non-hydrogen) atoms. The summed E-state index contributed by atoms with van der Waals surface area (Å²) in [7, 11) is 1.71. The molecule has 0 heterocycles. The van der Waals surface area contributed by atoms with E-state index in [1.54, 1.807) is 18.2 Å². The predicted molar refractivity (Wildman–Crippen MR) is 86.7 cm³/mol. The molecule has 2 heteroatoms. The summed E-state index contributed by atoms with van der Waals surface area (Å²) in [6.45, 7) is 3.10. The monoisotopic (exact) mass is 281 g/mol. The van der Waals surface area contributed by atoms with E-state index in [4.69, 9.17) is 4.74 Å². The van der Waals surface area contributed by atoms with Gasteiger partial charge in [-0.2, -0.15) is 0 Å². The SMILES string of the molecule is COc1cccc([C@H](C)NCc2ccc3c(c2)CCC3)c1. The molecule has 0 saturated heterocycles. The molecule has 0 unspecified atom stereocenters. The fourth-order valence-electron chi connectivity index (χ4n) is 3.03. The minimum absolute atomic E-state index is 0.313. The van der Waals surface area contributed by atoms with Crippen LogP contribution in [-0.2, 0) is 19.4 Å². The topological polar surface area (TPSA) is 21.3 Å². The van der Waals surface area contributed by atoms with Gasteiger partial charge in [0, 0.05) is 12.6 Å². The second kappa shape index (κ2) is 6.31. The minimum Gasteiger partial charge on any atom is -0.497 e. The van der Waals surface area contributed by atoms with Gasteiger partial charge in [0.05, 0.1) is 7.11 Å². The number of ether oxygens (including phenoxy) is 1. The highest BCUT2D eigenvalue weighted by atomic mass is 16.5. The van der Waals surface area contributed by atoms with Gasteiger partial charge in [-0.3, -0.25) is 0 Å². The molecule has 2 aromatic carbocycles. The second-order valence-corrected chi connectivity index (χ2v) is 5.84. The van der Waals surface area contributed by atoms with Crippen LogP contribution in [-0.4, -0.2) is 7.11 Å². The molecule has 0 aromatic heterocycles. The summed E-state index contributed by atoms with van der Waals surface area (Å²) >= 11 is 0. The summed E-state index contributed by atoms with van der Waals surface area (Å²) in [4.78, 5) is 0. The third-order valence-electron chi connectivity index (χ3n) is 4.37. The van der Waals surface area contributed by atoms with Crippen molar-refractivity contribution in [2.75, 3.05) is 7.11 Å². The summed E-state index contributed by atoms with van der Waals surface area (Å²) in [6, 6.07) is 15.5. The van der Waals surface area contributed by atoms with Gasteiger partial charge in [0.15, 0.2) is 0 Å². The van der Waals surface area contributed by atoms with Gasteiger partial charge in [-0.05, 0) is 60.6 Å². The molecular weight excluding hydrogens is 258 g/mol. The van der Waals surface area contributed by atoms with Gasteiger partial charge in [0.25, 0.3) is 0 Å². The van der Waals surface area contributed by atoms with Crippen LogP contribution in [0.4, 0.5) is 0 Å². The third kappa shape index (κ3) is 3.27. The Morgan fingerprint density at radius 2 is 1.95 bits per heavy atom. The quantitative estimate of drug-likeness (QED) is 0.893. The third-order valence-corrected chi connectivity index (χ3v) is 4.37. The standard InChI is InChI=1S/C19H23NO/c1-14(17-6-4-8-19(12-17)21-2)20-13-15-9-10-16-5-3-7-18(16)11-15/h4,6,8-12,14,20H,3,5,7,13H2,1-2H3/t14-/m0/s1. The van der Waals surface area contributed by atoms with E-state index in [-0.39, 0.29) is 0 Å². The molecule has 0 spiro atoms. The number of hydrogen-bond acceptors (Lipinski definition) is 2. The molecular formula is C19H23NO. The van der Waals surface area contributed by atoms with Gasteiger partial charge in [-0.25, -0.2) is 0 Å². The molecule has 1 aliphatic rings. The van der Waals surface area contributed by atoms with E-state index in [0.29, 0.717) is 6.04 Å². The van der Waals surface area contributed by atoms with Gasteiger partial charge in [0.1, 0.15) is 5.75 Å². The Balaban J connectivity index is 1.64. The van der Waals surface area contributed by atoms with Crippen LogP contribution in [0.25, 0.3) is 0 Å². The largest absolute Gasteiger partial charge is 0.497 e. The van der Waals surface area contributed by atoms with Gasteiger partial charge in [-0.15, -0.1) is 0 Å². The van der Waals surface area contributed by atoms with Gasteiger partial charge >= 0.3 is 0 Å². The van der Waals surface area contributed by atoms with Crippen molar-refractivity contribution in [1.82, 2.24) is 5.32 Å². The first-order chi connectivity index (χ1) is 10.3. The first-order valence-corrected chi connectivity index (χ1v) is 7.74. The van der Waals surface area contributed by atoms with Crippen LogP contribution < -0.4 is 10.1 Å². The Morgan fingerprint density at radius 1 is 1.10 bits per heavy atom. The van der Waals surface area contributed by atoms with Crippen molar-refractivity contribution in [3.05, 3.63) is 64.7 Å². The summed E-state index contributed by atoms with van der Waals surface area (Å²) in [5, 5.41) is 3.60. The summed E-state index contributed by atoms with van der Waals surface area (Å²) in [5.74, 6) is 0.915. The highest BCUT2D eigenvalue weighted by Gasteiger charge is 2.11. The number of nitrogens with one attached hydrogen (secondary N) is 1. The number of aryl methyl sites for hydroxylation is 2. The number of benzene rings is 2. The summed E-state index contributed by atoms with van der Waals surface area (Å²) in [6.07, 6.45) is 3.81. The zero-order chi connectivity index (χ0) is 14.7. The maximum absolute atomic E-state index is 5.29. The first-order valence-electron chi connectivity index (χ1n) is 7.74. The lowest BCUT2D eigenvalue weighted by molar-refractivity contribution is 0.413. The number of rotatable bonds is 5.